The third-order valence-corrected chi connectivity index (χ3v) is 5.12. The van der Waals surface area contributed by atoms with Crippen molar-refractivity contribution in [1.29, 1.82) is 0 Å². The number of aromatic nitrogens is 3. The third-order valence-electron chi connectivity index (χ3n) is 4.79. The summed E-state index contributed by atoms with van der Waals surface area (Å²) in [6.07, 6.45) is -1.25. The number of hydrogen-bond donors (Lipinski definition) is 3. The molecule has 0 unspecified atom stereocenters. The standard InChI is InChI=1S/C19H15ClF3N5O2.C2H2O4/c20-14-4-3-13(19(21,22)23)6-15(14)25-16(29)10-28-8-12(9-28)18-26-17(27-30-18)11-2-1-5-24-7-11;3-1(4)2(5)6/h1-7,12H,8-10H2,(H,25,29);(H,3,4)(H,5,6). The Labute approximate surface area is 205 Å². The van der Waals surface area contributed by atoms with Gasteiger partial charge in [-0.15, -0.1) is 0 Å². The fourth-order valence-electron chi connectivity index (χ4n) is 3.06. The first-order chi connectivity index (χ1) is 16.9. The fourth-order valence-corrected chi connectivity index (χ4v) is 3.22. The lowest BCUT2D eigenvalue weighted by atomic mass is 10.0. The molecule has 15 heteroatoms. The van der Waals surface area contributed by atoms with Crippen molar-refractivity contribution in [3.05, 3.63) is 59.2 Å². The second kappa shape index (κ2) is 11.1. The number of halogens is 4. The number of amides is 1. The molecule has 2 aromatic heterocycles. The Morgan fingerprint density at radius 3 is 2.44 bits per heavy atom. The van der Waals surface area contributed by atoms with E-state index in [0.717, 1.165) is 23.8 Å². The molecule has 0 bridgehead atoms. The average Bonchev–Trinajstić information content (AvgIpc) is 3.27. The van der Waals surface area contributed by atoms with E-state index >= 15 is 0 Å². The van der Waals surface area contributed by atoms with Gasteiger partial charge in [-0.05, 0) is 30.3 Å². The van der Waals surface area contributed by atoms with Crippen LogP contribution in [0.2, 0.25) is 5.02 Å². The molecule has 0 radical (unpaired) electrons. The van der Waals surface area contributed by atoms with Crippen LogP contribution < -0.4 is 5.32 Å². The Balaban J connectivity index is 0.000000538. The molecule has 3 N–H and O–H groups in total. The zero-order chi connectivity index (χ0) is 26.5. The van der Waals surface area contributed by atoms with Crippen LogP contribution in [0.1, 0.15) is 17.4 Å². The summed E-state index contributed by atoms with van der Waals surface area (Å²) in [7, 11) is 0. The second-order valence-electron chi connectivity index (χ2n) is 7.44. The van der Waals surface area contributed by atoms with Crippen LogP contribution in [0.15, 0.2) is 47.2 Å². The lowest BCUT2D eigenvalue weighted by Crippen LogP contribution is -2.48. The molecular weight excluding hydrogens is 511 g/mol. The molecule has 1 amide bonds. The lowest BCUT2D eigenvalue weighted by molar-refractivity contribution is -0.159. The third kappa shape index (κ3) is 6.99. The number of alkyl halides is 3. The summed E-state index contributed by atoms with van der Waals surface area (Å²) >= 11 is 5.90. The van der Waals surface area contributed by atoms with Crippen molar-refractivity contribution >= 4 is 35.1 Å². The summed E-state index contributed by atoms with van der Waals surface area (Å²) in [4.78, 5) is 40.6. The summed E-state index contributed by atoms with van der Waals surface area (Å²) in [5, 5.41) is 21.2. The number of nitrogens with zero attached hydrogens (tertiary/aromatic N) is 4. The van der Waals surface area contributed by atoms with Crippen LogP contribution in [0, 0.1) is 0 Å². The number of likely N-dealkylation sites (tertiary alicyclic amines) is 1. The number of hydrogen-bond acceptors (Lipinski definition) is 8. The molecule has 0 atom stereocenters. The highest BCUT2D eigenvalue weighted by molar-refractivity contribution is 6.33. The zero-order valence-electron chi connectivity index (χ0n) is 18.1. The minimum absolute atomic E-state index is 0.00662. The Hall–Kier alpha value is -4.04. The molecule has 4 rings (SSSR count). The van der Waals surface area contributed by atoms with Crippen LogP contribution in [0.25, 0.3) is 11.4 Å². The van der Waals surface area contributed by atoms with Crippen LogP contribution in [0.4, 0.5) is 18.9 Å². The largest absolute Gasteiger partial charge is 0.473 e. The summed E-state index contributed by atoms with van der Waals surface area (Å²) < 4.78 is 43.8. The molecule has 190 valence electrons. The van der Waals surface area contributed by atoms with Gasteiger partial charge in [0, 0.05) is 31.0 Å². The van der Waals surface area contributed by atoms with Crippen LogP contribution >= 0.6 is 11.6 Å². The molecule has 1 aliphatic heterocycles. The molecular formula is C21H17ClF3N5O6. The van der Waals surface area contributed by atoms with Gasteiger partial charge in [0.2, 0.25) is 17.6 Å². The van der Waals surface area contributed by atoms with E-state index in [4.69, 9.17) is 35.9 Å². The molecule has 1 fully saturated rings. The van der Waals surface area contributed by atoms with Gasteiger partial charge in [-0.2, -0.15) is 18.2 Å². The first kappa shape index (κ1) is 26.6. The van der Waals surface area contributed by atoms with E-state index in [1.165, 1.54) is 0 Å². The van der Waals surface area contributed by atoms with Gasteiger partial charge < -0.3 is 20.1 Å². The molecule has 3 heterocycles. The quantitative estimate of drug-likeness (QED) is 0.421. The first-order valence-corrected chi connectivity index (χ1v) is 10.4. The number of carboxylic acids is 2. The number of rotatable bonds is 5. The topological polar surface area (TPSA) is 159 Å². The number of anilines is 1. The lowest BCUT2D eigenvalue weighted by Gasteiger charge is -2.36. The van der Waals surface area contributed by atoms with Gasteiger partial charge >= 0.3 is 18.1 Å². The molecule has 3 aromatic rings. The van der Waals surface area contributed by atoms with E-state index in [1.807, 2.05) is 11.0 Å². The fraction of sp³-hybridized carbons (Fsp3) is 0.238. The van der Waals surface area contributed by atoms with Gasteiger partial charge in [0.1, 0.15) is 0 Å². The highest BCUT2D eigenvalue weighted by atomic mass is 35.5. The van der Waals surface area contributed by atoms with E-state index in [1.54, 1.807) is 18.5 Å². The van der Waals surface area contributed by atoms with Gasteiger partial charge in [-0.3, -0.25) is 14.7 Å². The maximum Gasteiger partial charge on any atom is 0.416 e. The predicted octanol–water partition coefficient (Wildman–Crippen LogP) is 3.00. The number of pyridine rings is 1. The van der Waals surface area contributed by atoms with Crippen LogP contribution in [0.3, 0.4) is 0 Å². The molecule has 0 aliphatic carbocycles. The highest BCUT2D eigenvalue weighted by Gasteiger charge is 2.34. The van der Waals surface area contributed by atoms with Crippen LogP contribution in [-0.4, -0.2) is 67.7 Å². The van der Waals surface area contributed by atoms with Crippen molar-refractivity contribution in [2.24, 2.45) is 0 Å². The molecule has 1 saturated heterocycles. The van der Waals surface area contributed by atoms with E-state index < -0.39 is 29.6 Å². The van der Waals surface area contributed by atoms with Crippen LogP contribution in [-0.2, 0) is 20.6 Å². The zero-order valence-corrected chi connectivity index (χ0v) is 18.8. The number of aliphatic carboxylic acids is 2. The van der Waals surface area contributed by atoms with Gasteiger partial charge in [-0.25, -0.2) is 9.59 Å². The Bertz CT molecular complexity index is 1240. The second-order valence-corrected chi connectivity index (χ2v) is 7.85. The number of nitrogens with one attached hydrogen (secondary N) is 1. The summed E-state index contributed by atoms with van der Waals surface area (Å²) in [5.41, 5.74) is -0.223. The highest BCUT2D eigenvalue weighted by Crippen LogP contribution is 2.34. The number of carbonyl (C=O) groups excluding carboxylic acids is 1. The van der Waals surface area contributed by atoms with E-state index in [0.29, 0.717) is 24.8 Å². The summed E-state index contributed by atoms with van der Waals surface area (Å²) in [6, 6.07) is 6.37. The molecule has 1 aliphatic rings. The maximum atomic E-state index is 12.8. The smallest absolute Gasteiger partial charge is 0.416 e. The van der Waals surface area contributed by atoms with E-state index in [9.17, 15) is 18.0 Å². The number of benzene rings is 1. The van der Waals surface area contributed by atoms with Gasteiger partial charge in [0.05, 0.1) is 28.7 Å². The van der Waals surface area contributed by atoms with Crippen molar-refractivity contribution in [2.45, 2.75) is 12.1 Å². The van der Waals surface area contributed by atoms with Crippen molar-refractivity contribution in [2.75, 3.05) is 25.0 Å². The number of carboxylic acid groups (broad SMARTS) is 2. The molecule has 0 spiro atoms. The number of carbonyl (C=O) groups is 3. The van der Waals surface area contributed by atoms with Gasteiger partial charge in [-0.1, -0.05) is 16.8 Å². The van der Waals surface area contributed by atoms with Gasteiger partial charge in [0.15, 0.2) is 0 Å². The molecule has 11 nitrogen and oxygen atoms in total. The van der Waals surface area contributed by atoms with Crippen molar-refractivity contribution < 1.29 is 42.3 Å². The SMILES string of the molecule is O=C(CN1CC(c2nc(-c3cccnc3)no2)C1)Nc1cc(C(F)(F)F)ccc1Cl.O=C(O)C(=O)O. The predicted molar refractivity (Wildman–Crippen MR) is 117 cm³/mol. The minimum Gasteiger partial charge on any atom is -0.473 e. The van der Waals surface area contributed by atoms with E-state index in [-0.39, 0.29) is 23.2 Å². The monoisotopic (exact) mass is 527 g/mol. The first-order valence-electron chi connectivity index (χ1n) is 10.0. The maximum absolute atomic E-state index is 12.8. The van der Waals surface area contributed by atoms with Crippen molar-refractivity contribution in [3.63, 3.8) is 0 Å². The van der Waals surface area contributed by atoms with Crippen molar-refractivity contribution in [3.8, 4) is 11.4 Å². The average molecular weight is 528 g/mol. The summed E-state index contributed by atoms with van der Waals surface area (Å²) in [6.45, 7) is 1.03. The Morgan fingerprint density at radius 1 is 1.17 bits per heavy atom. The normalized spacial score (nSPS) is 13.8. The molecule has 36 heavy (non-hydrogen) atoms. The minimum atomic E-state index is -4.52. The molecule has 0 saturated carbocycles. The van der Waals surface area contributed by atoms with Crippen molar-refractivity contribution in [1.82, 2.24) is 20.0 Å². The molecule has 1 aromatic carbocycles. The summed E-state index contributed by atoms with van der Waals surface area (Å²) in [5.74, 6) is -3.23. The Kier molecular flexibility index (Phi) is 8.22. The Morgan fingerprint density at radius 2 is 1.86 bits per heavy atom. The van der Waals surface area contributed by atoms with E-state index in [2.05, 4.69) is 20.4 Å². The van der Waals surface area contributed by atoms with Gasteiger partial charge in [0.25, 0.3) is 0 Å². The van der Waals surface area contributed by atoms with Crippen LogP contribution in [0.5, 0.6) is 0 Å².